The highest BCUT2D eigenvalue weighted by atomic mass is 16.1. The number of allylic oxidation sites excluding steroid dienone is 1. The number of nitrogens with zero attached hydrogens (tertiary/aromatic N) is 1. The third kappa shape index (κ3) is 4.66. The molecule has 0 radical (unpaired) electrons. The molecule has 0 saturated heterocycles. The number of benzene rings is 1. The zero-order chi connectivity index (χ0) is 17.5. The van der Waals surface area contributed by atoms with Gasteiger partial charge in [-0.3, -0.25) is 9.78 Å². The number of aromatic nitrogens is 2. The minimum absolute atomic E-state index is 0.0639. The molecule has 0 saturated carbocycles. The van der Waals surface area contributed by atoms with Gasteiger partial charge in [0, 0.05) is 24.0 Å². The normalized spacial score (nSPS) is 11.8. The van der Waals surface area contributed by atoms with E-state index >= 15 is 0 Å². The molecular formula is C22H24N2O. The monoisotopic (exact) mass is 332 g/mol. The molecule has 0 atom stereocenters. The number of nitrogens with one attached hydrogen (secondary N) is 1. The van der Waals surface area contributed by atoms with Crippen LogP contribution in [0.2, 0.25) is 0 Å². The summed E-state index contributed by atoms with van der Waals surface area (Å²) in [6, 6.07) is 13.8. The Bertz CT molecular complexity index is 910. The molecule has 0 spiro atoms. The van der Waals surface area contributed by atoms with Crippen LogP contribution in [0.3, 0.4) is 0 Å². The summed E-state index contributed by atoms with van der Waals surface area (Å²) in [5.74, 6) is 0. The minimum Gasteiger partial charge on any atom is -0.322 e. The number of fused-ring (bicyclic) bond motifs is 1. The van der Waals surface area contributed by atoms with Gasteiger partial charge in [-0.2, -0.15) is 0 Å². The summed E-state index contributed by atoms with van der Waals surface area (Å²) in [5.41, 5.74) is 4.46. The lowest BCUT2D eigenvalue weighted by molar-refractivity contribution is 0.679. The van der Waals surface area contributed by atoms with Gasteiger partial charge in [0.25, 0.3) is 0 Å². The molecular weight excluding hydrogens is 308 g/mol. The van der Waals surface area contributed by atoms with Crippen LogP contribution in [0.15, 0.2) is 59.7 Å². The Morgan fingerprint density at radius 1 is 1.12 bits per heavy atom. The highest BCUT2D eigenvalue weighted by molar-refractivity contribution is 5.87. The molecule has 3 aromatic rings. The molecule has 0 unspecified atom stereocenters. The first-order chi connectivity index (χ1) is 12.3. The fraction of sp³-hybridized carbons (Fsp3) is 0.273. The van der Waals surface area contributed by atoms with Crippen molar-refractivity contribution in [1.82, 2.24) is 9.97 Å². The summed E-state index contributed by atoms with van der Waals surface area (Å²) in [7, 11) is 0. The second kappa shape index (κ2) is 8.43. The van der Waals surface area contributed by atoms with Crippen molar-refractivity contribution in [2.75, 3.05) is 0 Å². The Morgan fingerprint density at radius 2 is 2.04 bits per heavy atom. The first-order valence-electron chi connectivity index (χ1n) is 9.00. The van der Waals surface area contributed by atoms with Gasteiger partial charge in [0.1, 0.15) is 0 Å². The molecule has 2 heterocycles. The Labute approximate surface area is 148 Å². The van der Waals surface area contributed by atoms with Crippen LogP contribution in [0.1, 0.15) is 50.2 Å². The van der Waals surface area contributed by atoms with E-state index in [0.29, 0.717) is 0 Å². The van der Waals surface area contributed by atoms with E-state index in [-0.39, 0.29) is 5.56 Å². The number of unbranched alkanes of at least 4 members (excludes halogenated alkanes) is 3. The van der Waals surface area contributed by atoms with Gasteiger partial charge in [-0.15, -0.1) is 0 Å². The maximum absolute atomic E-state index is 11.5. The van der Waals surface area contributed by atoms with Crippen molar-refractivity contribution in [3.05, 3.63) is 76.3 Å². The van der Waals surface area contributed by atoms with Crippen molar-refractivity contribution in [3.63, 3.8) is 0 Å². The van der Waals surface area contributed by atoms with Crippen LogP contribution in [0.25, 0.3) is 22.6 Å². The predicted molar refractivity (Wildman–Crippen MR) is 105 cm³/mol. The van der Waals surface area contributed by atoms with Gasteiger partial charge in [-0.05, 0) is 65.3 Å². The minimum atomic E-state index is -0.0639. The molecule has 3 nitrogen and oxygen atoms in total. The molecule has 0 fully saturated rings. The van der Waals surface area contributed by atoms with Crippen LogP contribution in [0, 0.1) is 0 Å². The third-order valence-electron chi connectivity index (χ3n) is 4.42. The summed E-state index contributed by atoms with van der Waals surface area (Å²) >= 11 is 0. The topological polar surface area (TPSA) is 45.8 Å². The Morgan fingerprint density at radius 3 is 2.84 bits per heavy atom. The molecule has 1 aromatic carbocycles. The standard InChI is InChI=1S/C22H24N2O/c1-2-3-4-5-8-18(14-17-7-6-13-23-16-17)19-9-11-21-20(15-19)10-12-22(25)24-21/h6-7,9-16H,2-5,8H2,1H3,(H,24,25)/b18-14+. The maximum Gasteiger partial charge on any atom is 0.248 e. The van der Waals surface area contributed by atoms with Gasteiger partial charge >= 0.3 is 0 Å². The zero-order valence-corrected chi connectivity index (χ0v) is 14.7. The number of pyridine rings is 2. The van der Waals surface area contributed by atoms with E-state index in [0.717, 1.165) is 22.9 Å². The van der Waals surface area contributed by atoms with Crippen molar-refractivity contribution in [1.29, 1.82) is 0 Å². The van der Waals surface area contributed by atoms with Gasteiger partial charge < -0.3 is 4.98 Å². The molecule has 3 heteroatoms. The van der Waals surface area contributed by atoms with Gasteiger partial charge in [0.15, 0.2) is 0 Å². The fourth-order valence-electron chi connectivity index (χ4n) is 3.06. The van der Waals surface area contributed by atoms with E-state index in [1.54, 1.807) is 12.3 Å². The van der Waals surface area contributed by atoms with Gasteiger partial charge in [0.2, 0.25) is 5.56 Å². The largest absolute Gasteiger partial charge is 0.322 e. The lowest BCUT2D eigenvalue weighted by Crippen LogP contribution is -2.02. The fourth-order valence-corrected chi connectivity index (χ4v) is 3.06. The Balaban J connectivity index is 1.94. The summed E-state index contributed by atoms with van der Waals surface area (Å²) in [4.78, 5) is 18.6. The first-order valence-corrected chi connectivity index (χ1v) is 9.00. The molecule has 0 bridgehead atoms. The van der Waals surface area contributed by atoms with Crippen molar-refractivity contribution in [2.45, 2.75) is 39.0 Å². The highest BCUT2D eigenvalue weighted by Crippen LogP contribution is 2.26. The summed E-state index contributed by atoms with van der Waals surface area (Å²) < 4.78 is 0. The molecule has 2 aromatic heterocycles. The summed E-state index contributed by atoms with van der Waals surface area (Å²) in [6.07, 6.45) is 11.9. The Hall–Kier alpha value is -2.68. The first kappa shape index (κ1) is 17.2. The van der Waals surface area contributed by atoms with Crippen molar-refractivity contribution < 1.29 is 0 Å². The third-order valence-corrected chi connectivity index (χ3v) is 4.42. The lowest BCUT2D eigenvalue weighted by Gasteiger charge is -2.10. The quantitative estimate of drug-likeness (QED) is 0.586. The number of aromatic amines is 1. The summed E-state index contributed by atoms with van der Waals surface area (Å²) in [6.45, 7) is 2.23. The second-order valence-corrected chi connectivity index (χ2v) is 6.39. The smallest absolute Gasteiger partial charge is 0.248 e. The van der Waals surface area contributed by atoms with Crippen LogP contribution >= 0.6 is 0 Å². The van der Waals surface area contributed by atoms with Crippen LogP contribution in [0.4, 0.5) is 0 Å². The molecule has 1 N–H and O–H groups in total. The number of rotatable bonds is 7. The molecule has 25 heavy (non-hydrogen) atoms. The van der Waals surface area contributed by atoms with E-state index in [1.807, 2.05) is 24.4 Å². The van der Waals surface area contributed by atoms with Gasteiger partial charge in [0.05, 0.1) is 0 Å². The predicted octanol–water partition coefficient (Wildman–Crippen LogP) is 5.43. The highest BCUT2D eigenvalue weighted by Gasteiger charge is 2.05. The lowest BCUT2D eigenvalue weighted by atomic mass is 9.96. The average Bonchev–Trinajstić information content (AvgIpc) is 2.64. The molecule has 3 rings (SSSR count). The maximum atomic E-state index is 11.5. The van der Waals surface area contributed by atoms with E-state index in [9.17, 15) is 4.79 Å². The molecule has 0 aliphatic carbocycles. The van der Waals surface area contributed by atoms with Gasteiger partial charge in [-0.1, -0.05) is 38.3 Å². The molecule has 0 aliphatic heterocycles. The van der Waals surface area contributed by atoms with Crippen molar-refractivity contribution >= 4 is 22.6 Å². The zero-order valence-electron chi connectivity index (χ0n) is 14.7. The van der Waals surface area contributed by atoms with Crippen LogP contribution in [-0.2, 0) is 0 Å². The number of hydrogen-bond acceptors (Lipinski definition) is 2. The van der Waals surface area contributed by atoms with Crippen molar-refractivity contribution in [2.24, 2.45) is 0 Å². The van der Waals surface area contributed by atoms with Gasteiger partial charge in [-0.25, -0.2) is 0 Å². The molecule has 0 aliphatic rings. The average molecular weight is 332 g/mol. The summed E-state index contributed by atoms with van der Waals surface area (Å²) in [5, 5.41) is 1.06. The van der Waals surface area contributed by atoms with E-state index < -0.39 is 0 Å². The number of hydrogen-bond donors (Lipinski definition) is 1. The molecule has 128 valence electrons. The van der Waals surface area contributed by atoms with E-state index in [1.165, 1.54) is 36.8 Å². The van der Waals surface area contributed by atoms with Crippen molar-refractivity contribution in [3.8, 4) is 0 Å². The number of H-pyrrole nitrogens is 1. The SMILES string of the molecule is CCCCCC/C(=C\c1cccnc1)c1ccc2[nH]c(=O)ccc2c1. The van der Waals surface area contributed by atoms with E-state index in [4.69, 9.17) is 0 Å². The van der Waals surface area contributed by atoms with Crippen LogP contribution in [0.5, 0.6) is 0 Å². The Kier molecular flexibility index (Phi) is 5.78. The van der Waals surface area contributed by atoms with E-state index in [2.05, 4.69) is 41.2 Å². The van der Waals surface area contributed by atoms with Crippen LogP contribution in [-0.4, -0.2) is 9.97 Å². The second-order valence-electron chi connectivity index (χ2n) is 6.39. The van der Waals surface area contributed by atoms with Crippen LogP contribution < -0.4 is 5.56 Å². The molecule has 0 amide bonds.